The Morgan fingerprint density at radius 2 is 1.89 bits per heavy atom. The monoisotopic (exact) mass is 247 g/mol. The minimum atomic E-state index is -0.692. The third-order valence-electron chi connectivity index (χ3n) is 4.16. The highest BCUT2D eigenvalue weighted by molar-refractivity contribution is 5.82. The number of carboxylic acids is 1. The average molecular weight is 247 g/mol. The van der Waals surface area contributed by atoms with E-state index in [1.165, 1.54) is 0 Å². The van der Waals surface area contributed by atoms with Crippen LogP contribution in [0.1, 0.15) is 29.5 Å². The molecule has 1 aliphatic heterocycles. The molecule has 0 unspecified atom stereocenters. The lowest BCUT2D eigenvalue weighted by Crippen LogP contribution is -2.46. The smallest absolute Gasteiger partial charge is 0.314 e. The van der Waals surface area contributed by atoms with Crippen LogP contribution in [0.15, 0.2) is 18.2 Å². The van der Waals surface area contributed by atoms with Gasteiger partial charge in [-0.25, -0.2) is 0 Å². The zero-order valence-corrected chi connectivity index (χ0v) is 11.4. The number of aliphatic carboxylic acids is 1. The van der Waals surface area contributed by atoms with E-state index in [1.54, 1.807) is 0 Å². The molecule has 98 valence electrons. The lowest BCUT2D eigenvalue weighted by atomic mass is 9.71. The van der Waals surface area contributed by atoms with E-state index in [9.17, 15) is 9.90 Å². The molecule has 1 N–H and O–H groups in total. The number of hydrogen-bond acceptors (Lipinski definition) is 2. The fourth-order valence-electron chi connectivity index (χ4n) is 2.85. The minimum absolute atomic E-state index is 0.677. The van der Waals surface area contributed by atoms with E-state index in [0.717, 1.165) is 29.8 Å². The van der Waals surface area contributed by atoms with E-state index in [4.69, 9.17) is 0 Å². The summed E-state index contributed by atoms with van der Waals surface area (Å²) in [7, 11) is 2.05. The van der Waals surface area contributed by atoms with Crippen LogP contribution in [0.25, 0.3) is 0 Å². The first-order chi connectivity index (χ1) is 8.45. The Hall–Kier alpha value is -1.35. The van der Waals surface area contributed by atoms with E-state index < -0.39 is 11.4 Å². The van der Waals surface area contributed by atoms with Crippen LogP contribution >= 0.6 is 0 Å². The first-order valence-electron chi connectivity index (χ1n) is 6.45. The molecule has 0 radical (unpaired) electrons. The third-order valence-corrected chi connectivity index (χ3v) is 4.16. The molecular weight excluding hydrogens is 226 g/mol. The number of carboxylic acid groups (broad SMARTS) is 1. The molecule has 1 heterocycles. The number of likely N-dealkylation sites (tertiary alicyclic amines) is 1. The van der Waals surface area contributed by atoms with E-state index in [2.05, 4.69) is 18.0 Å². The normalized spacial score (nSPS) is 19.7. The van der Waals surface area contributed by atoms with Crippen LogP contribution < -0.4 is 0 Å². The molecule has 0 atom stereocenters. The lowest BCUT2D eigenvalue weighted by molar-refractivity contribution is -0.145. The van der Waals surface area contributed by atoms with E-state index in [1.807, 2.05) is 26.0 Å². The van der Waals surface area contributed by atoms with Gasteiger partial charge in [0, 0.05) is 0 Å². The molecule has 1 saturated heterocycles. The fourth-order valence-corrected chi connectivity index (χ4v) is 2.85. The molecule has 1 aliphatic rings. The predicted octanol–water partition coefficient (Wildman–Crippen LogP) is 2.35. The topological polar surface area (TPSA) is 40.5 Å². The van der Waals surface area contributed by atoms with E-state index in [0.29, 0.717) is 12.8 Å². The Kier molecular flexibility index (Phi) is 3.44. The van der Waals surface area contributed by atoms with Crippen molar-refractivity contribution in [1.29, 1.82) is 0 Å². The summed E-state index contributed by atoms with van der Waals surface area (Å²) in [5.41, 5.74) is 2.54. The largest absolute Gasteiger partial charge is 0.481 e. The van der Waals surface area contributed by atoms with Gasteiger partial charge in [0.05, 0.1) is 5.41 Å². The Bertz CT molecular complexity index is 460. The van der Waals surface area contributed by atoms with Crippen LogP contribution in [-0.2, 0) is 10.2 Å². The predicted molar refractivity (Wildman–Crippen MR) is 72.0 cm³/mol. The van der Waals surface area contributed by atoms with E-state index in [-0.39, 0.29) is 0 Å². The van der Waals surface area contributed by atoms with Crippen LogP contribution in [0.2, 0.25) is 0 Å². The number of benzene rings is 1. The van der Waals surface area contributed by atoms with Crippen molar-refractivity contribution in [2.45, 2.75) is 32.1 Å². The van der Waals surface area contributed by atoms with Crippen molar-refractivity contribution in [2.75, 3.05) is 20.1 Å². The molecule has 0 aliphatic carbocycles. The van der Waals surface area contributed by atoms with Crippen molar-refractivity contribution in [3.8, 4) is 0 Å². The van der Waals surface area contributed by atoms with Crippen LogP contribution in [-0.4, -0.2) is 36.1 Å². The van der Waals surface area contributed by atoms with Gasteiger partial charge in [-0.1, -0.05) is 23.8 Å². The molecule has 0 aromatic heterocycles. The molecule has 2 rings (SSSR count). The summed E-state index contributed by atoms with van der Waals surface area (Å²) in [5.74, 6) is -0.677. The summed E-state index contributed by atoms with van der Waals surface area (Å²) in [6.07, 6.45) is 1.40. The number of aryl methyl sites for hydroxylation is 2. The molecule has 1 aromatic rings. The molecule has 3 heteroatoms. The maximum Gasteiger partial charge on any atom is 0.314 e. The van der Waals surface area contributed by atoms with Crippen molar-refractivity contribution in [3.05, 3.63) is 34.9 Å². The molecule has 18 heavy (non-hydrogen) atoms. The molecule has 0 bridgehead atoms. The standard InChI is InChI=1S/C15H21NO2/c1-11-4-5-12(2)13(10-11)15(14(17)18)6-8-16(3)9-7-15/h4-5,10H,6-9H2,1-3H3,(H,17,18). The number of piperidine rings is 1. The van der Waals surface area contributed by atoms with Crippen molar-refractivity contribution in [1.82, 2.24) is 4.90 Å². The van der Waals surface area contributed by atoms with Crippen molar-refractivity contribution < 1.29 is 9.90 Å². The van der Waals surface area contributed by atoms with Gasteiger partial charge in [0.2, 0.25) is 0 Å². The van der Waals surface area contributed by atoms with Crippen molar-refractivity contribution in [2.24, 2.45) is 0 Å². The van der Waals surface area contributed by atoms with Gasteiger partial charge in [-0.05, 0) is 58.0 Å². The summed E-state index contributed by atoms with van der Waals surface area (Å²) in [6.45, 7) is 5.73. The zero-order valence-electron chi connectivity index (χ0n) is 11.4. The molecule has 1 aromatic carbocycles. The first kappa shape index (κ1) is 13.1. The number of hydrogen-bond donors (Lipinski definition) is 1. The average Bonchev–Trinajstić information content (AvgIpc) is 2.33. The first-order valence-corrected chi connectivity index (χ1v) is 6.45. The van der Waals surface area contributed by atoms with Gasteiger partial charge < -0.3 is 10.0 Å². The zero-order chi connectivity index (χ0) is 13.3. The quantitative estimate of drug-likeness (QED) is 0.872. The molecule has 1 fully saturated rings. The number of nitrogens with zero attached hydrogens (tertiary/aromatic N) is 1. The molecule has 0 amide bonds. The Morgan fingerprint density at radius 1 is 1.28 bits per heavy atom. The Balaban J connectivity index is 2.47. The van der Waals surface area contributed by atoms with Gasteiger partial charge in [-0.15, -0.1) is 0 Å². The van der Waals surface area contributed by atoms with Gasteiger partial charge in [-0.2, -0.15) is 0 Å². The highest BCUT2D eigenvalue weighted by Crippen LogP contribution is 2.37. The Morgan fingerprint density at radius 3 is 2.44 bits per heavy atom. The fraction of sp³-hybridized carbons (Fsp3) is 0.533. The van der Waals surface area contributed by atoms with Gasteiger partial charge >= 0.3 is 5.97 Å². The Labute approximate surface area is 108 Å². The second kappa shape index (κ2) is 4.73. The van der Waals surface area contributed by atoms with Crippen LogP contribution in [0.3, 0.4) is 0 Å². The summed E-state index contributed by atoms with van der Waals surface area (Å²) in [4.78, 5) is 14.0. The third kappa shape index (κ3) is 2.15. The lowest BCUT2D eigenvalue weighted by Gasteiger charge is -2.38. The van der Waals surface area contributed by atoms with E-state index >= 15 is 0 Å². The van der Waals surface area contributed by atoms with Gasteiger partial charge in [0.15, 0.2) is 0 Å². The van der Waals surface area contributed by atoms with Gasteiger partial charge in [0.25, 0.3) is 0 Å². The summed E-state index contributed by atoms with van der Waals surface area (Å²) in [6, 6.07) is 6.13. The number of carbonyl (C=O) groups is 1. The maximum absolute atomic E-state index is 11.8. The summed E-state index contributed by atoms with van der Waals surface area (Å²) < 4.78 is 0. The highest BCUT2D eigenvalue weighted by atomic mass is 16.4. The van der Waals surface area contributed by atoms with Crippen molar-refractivity contribution >= 4 is 5.97 Å². The molecule has 3 nitrogen and oxygen atoms in total. The second-order valence-electron chi connectivity index (χ2n) is 5.51. The van der Waals surface area contributed by atoms with Crippen LogP contribution in [0, 0.1) is 13.8 Å². The SMILES string of the molecule is Cc1ccc(C)c(C2(C(=O)O)CCN(C)CC2)c1. The summed E-state index contributed by atoms with van der Waals surface area (Å²) >= 11 is 0. The van der Waals surface area contributed by atoms with Crippen molar-refractivity contribution in [3.63, 3.8) is 0 Å². The minimum Gasteiger partial charge on any atom is -0.481 e. The molecular formula is C15H21NO2. The molecule has 0 saturated carbocycles. The van der Waals surface area contributed by atoms with Crippen LogP contribution in [0.5, 0.6) is 0 Å². The second-order valence-corrected chi connectivity index (χ2v) is 5.51. The molecule has 0 spiro atoms. The van der Waals surface area contributed by atoms with Gasteiger partial charge in [-0.3, -0.25) is 4.79 Å². The number of rotatable bonds is 2. The maximum atomic E-state index is 11.8. The van der Waals surface area contributed by atoms with Crippen LogP contribution in [0.4, 0.5) is 0 Å². The highest BCUT2D eigenvalue weighted by Gasteiger charge is 2.43. The summed E-state index contributed by atoms with van der Waals surface area (Å²) in [5, 5.41) is 9.73. The van der Waals surface area contributed by atoms with Gasteiger partial charge in [0.1, 0.15) is 0 Å².